The van der Waals surface area contributed by atoms with Crippen LogP contribution in [0.4, 0.5) is 5.69 Å². The lowest BCUT2D eigenvalue weighted by Gasteiger charge is -2.01. The molecule has 0 aliphatic heterocycles. The lowest BCUT2D eigenvalue weighted by atomic mass is 10.1. The van der Waals surface area contributed by atoms with Gasteiger partial charge in [-0.05, 0) is 36.2 Å². The predicted octanol–water partition coefficient (Wildman–Crippen LogP) is 1.23. The number of nitrogens with zero attached hydrogens (tertiary/aromatic N) is 4. The van der Waals surface area contributed by atoms with Crippen LogP contribution >= 0.6 is 11.5 Å². The maximum atomic E-state index is 11.3. The number of oxazole rings is 2. The van der Waals surface area contributed by atoms with Crippen molar-refractivity contribution in [1.82, 2.24) is 14.3 Å². The number of nitrogens with one attached hydrogen (secondary N) is 1. The third kappa shape index (κ3) is 2.39. The predicted molar refractivity (Wildman–Crippen MR) is 85.1 cm³/mol. The Bertz CT molecular complexity index is 1120. The fraction of sp³-hybridized carbons (Fsp3) is 0.200. The van der Waals surface area contributed by atoms with Gasteiger partial charge < -0.3 is 19.3 Å². The van der Waals surface area contributed by atoms with Crippen molar-refractivity contribution in [2.24, 2.45) is 0 Å². The second-order valence-electron chi connectivity index (χ2n) is 5.40. The van der Waals surface area contributed by atoms with Crippen molar-refractivity contribution in [3.63, 3.8) is 0 Å². The molecular weight excluding hydrogens is 362 g/mol. The van der Waals surface area contributed by atoms with Crippen LogP contribution in [0.3, 0.4) is 0 Å². The van der Waals surface area contributed by atoms with Gasteiger partial charge in [0.25, 0.3) is 5.89 Å². The number of carbonyl (C=O) groups excluding carboxylic acids is 1. The highest BCUT2D eigenvalue weighted by atomic mass is 32.1. The molecule has 3 aromatic rings. The Kier molecular flexibility index (Phi) is 3.45. The molecule has 0 bridgehead atoms. The standard InChI is InChI=1S/C15H7N5O5S/c16-5-7-10(17-6-21)8(26-20-7)1-2-9-18-11-12(24-9)25-13(19-11)15(3-4-15)14(22)23/h6H,3-4H2,(H,17,21)(H,22,23). The number of anilines is 1. The van der Waals surface area contributed by atoms with E-state index in [0.717, 1.165) is 11.5 Å². The zero-order valence-electron chi connectivity index (χ0n) is 12.8. The summed E-state index contributed by atoms with van der Waals surface area (Å²) >= 11 is 0.945. The molecule has 1 amide bonds. The molecule has 10 nitrogen and oxygen atoms in total. The maximum Gasteiger partial charge on any atom is 0.340 e. The Morgan fingerprint density at radius 2 is 2.15 bits per heavy atom. The SMILES string of the molecule is N#Cc1nsc(C#Cc2nc3nc(C4(C(=O)O)CC4)oc3o2)c1NC=O. The van der Waals surface area contributed by atoms with Crippen molar-refractivity contribution in [2.45, 2.75) is 18.3 Å². The van der Waals surface area contributed by atoms with Gasteiger partial charge >= 0.3 is 11.7 Å². The van der Waals surface area contributed by atoms with E-state index in [0.29, 0.717) is 24.1 Å². The quantitative estimate of drug-likeness (QED) is 0.510. The molecular formula is C15H7N5O5S. The summed E-state index contributed by atoms with van der Waals surface area (Å²) in [6.45, 7) is 0. The molecule has 11 heteroatoms. The number of amides is 1. The molecule has 0 unspecified atom stereocenters. The Hall–Kier alpha value is -3.70. The molecule has 1 aliphatic rings. The van der Waals surface area contributed by atoms with E-state index in [9.17, 15) is 14.7 Å². The summed E-state index contributed by atoms with van der Waals surface area (Å²) in [7, 11) is 0. The number of hydrogen-bond acceptors (Lipinski definition) is 9. The van der Waals surface area contributed by atoms with E-state index in [1.165, 1.54) is 0 Å². The smallest absolute Gasteiger partial charge is 0.340 e. The average Bonchev–Trinajstić information content (AvgIpc) is 3.00. The molecule has 2 N–H and O–H groups in total. The first-order valence-electron chi connectivity index (χ1n) is 7.20. The van der Waals surface area contributed by atoms with Crippen LogP contribution in [0.1, 0.15) is 35.2 Å². The van der Waals surface area contributed by atoms with Crippen LogP contribution in [0.15, 0.2) is 8.83 Å². The minimum absolute atomic E-state index is 0.00179. The lowest BCUT2D eigenvalue weighted by molar-refractivity contribution is -0.140. The molecule has 3 heterocycles. The third-order valence-corrected chi connectivity index (χ3v) is 4.59. The van der Waals surface area contributed by atoms with Gasteiger partial charge in [-0.1, -0.05) is 0 Å². The average molecular weight is 369 g/mol. The Morgan fingerprint density at radius 3 is 2.77 bits per heavy atom. The van der Waals surface area contributed by atoms with Gasteiger partial charge in [0.2, 0.25) is 17.9 Å². The second kappa shape index (κ2) is 5.68. The van der Waals surface area contributed by atoms with Crippen LogP contribution in [-0.4, -0.2) is 31.8 Å². The molecule has 0 atom stereocenters. The molecule has 1 saturated carbocycles. The normalized spacial score (nSPS) is 14.3. The number of carboxylic acid groups (broad SMARTS) is 1. The zero-order chi connectivity index (χ0) is 18.3. The van der Waals surface area contributed by atoms with E-state index in [1.54, 1.807) is 0 Å². The Balaban J connectivity index is 1.64. The summed E-state index contributed by atoms with van der Waals surface area (Å²) in [5.74, 6) is 4.41. The largest absolute Gasteiger partial charge is 0.480 e. The number of carboxylic acids is 1. The maximum absolute atomic E-state index is 11.3. The van der Waals surface area contributed by atoms with Gasteiger partial charge in [0, 0.05) is 0 Å². The van der Waals surface area contributed by atoms with E-state index in [2.05, 4.69) is 31.5 Å². The molecule has 26 heavy (non-hydrogen) atoms. The highest BCUT2D eigenvalue weighted by molar-refractivity contribution is 7.07. The molecule has 4 rings (SSSR count). The van der Waals surface area contributed by atoms with Gasteiger partial charge in [-0.2, -0.15) is 19.6 Å². The molecule has 0 aromatic carbocycles. The van der Waals surface area contributed by atoms with Gasteiger partial charge in [0.15, 0.2) is 5.69 Å². The van der Waals surface area contributed by atoms with Crippen molar-refractivity contribution in [1.29, 1.82) is 5.26 Å². The van der Waals surface area contributed by atoms with Crippen LogP contribution in [0.25, 0.3) is 11.4 Å². The first kappa shape index (κ1) is 15.8. The monoisotopic (exact) mass is 369 g/mol. The van der Waals surface area contributed by atoms with Crippen molar-refractivity contribution in [2.75, 3.05) is 5.32 Å². The van der Waals surface area contributed by atoms with Gasteiger partial charge in [0.05, 0.1) is 0 Å². The fourth-order valence-corrected chi connectivity index (χ4v) is 2.96. The number of fused-ring (bicyclic) bond motifs is 1. The summed E-state index contributed by atoms with van der Waals surface area (Å²) in [4.78, 5) is 30.4. The highest BCUT2D eigenvalue weighted by Gasteiger charge is 2.56. The number of aromatic nitrogens is 3. The first-order valence-corrected chi connectivity index (χ1v) is 7.98. The molecule has 0 saturated heterocycles. The van der Waals surface area contributed by atoms with Crippen LogP contribution in [-0.2, 0) is 15.0 Å². The van der Waals surface area contributed by atoms with E-state index >= 15 is 0 Å². The minimum atomic E-state index is -1.08. The summed E-state index contributed by atoms with van der Waals surface area (Å²) < 4.78 is 14.6. The molecule has 3 aromatic heterocycles. The molecule has 0 radical (unpaired) electrons. The van der Waals surface area contributed by atoms with Crippen molar-refractivity contribution >= 4 is 41.0 Å². The number of rotatable bonds is 4. The molecule has 0 spiro atoms. The third-order valence-electron chi connectivity index (χ3n) is 3.83. The minimum Gasteiger partial charge on any atom is -0.480 e. The van der Waals surface area contributed by atoms with Crippen molar-refractivity contribution in [3.05, 3.63) is 22.4 Å². The van der Waals surface area contributed by atoms with Crippen LogP contribution in [0.2, 0.25) is 0 Å². The Labute approximate surface area is 148 Å². The number of hydrogen-bond donors (Lipinski definition) is 2. The zero-order valence-corrected chi connectivity index (χ0v) is 13.6. The van der Waals surface area contributed by atoms with Gasteiger partial charge in [0.1, 0.15) is 22.0 Å². The van der Waals surface area contributed by atoms with Crippen LogP contribution in [0, 0.1) is 23.2 Å². The van der Waals surface area contributed by atoms with E-state index in [4.69, 9.17) is 14.1 Å². The van der Waals surface area contributed by atoms with E-state index in [1.807, 2.05) is 6.07 Å². The lowest BCUT2D eigenvalue weighted by Crippen LogP contribution is -2.19. The number of aliphatic carboxylic acids is 1. The van der Waals surface area contributed by atoms with Crippen molar-refractivity contribution in [3.8, 4) is 17.9 Å². The topological polar surface area (TPSA) is 155 Å². The van der Waals surface area contributed by atoms with Gasteiger partial charge in [-0.25, -0.2) is 0 Å². The van der Waals surface area contributed by atoms with Crippen LogP contribution in [0.5, 0.6) is 0 Å². The summed E-state index contributed by atoms with van der Waals surface area (Å²) in [6.07, 6.45) is 1.34. The van der Waals surface area contributed by atoms with Gasteiger partial charge in [-0.3, -0.25) is 9.59 Å². The molecule has 1 aliphatic carbocycles. The number of carbonyl (C=O) groups is 2. The fourth-order valence-electron chi connectivity index (χ4n) is 2.30. The van der Waals surface area contributed by atoms with E-state index < -0.39 is 11.4 Å². The molecule has 1 fully saturated rings. The van der Waals surface area contributed by atoms with Crippen molar-refractivity contribution < 1.29 is 23.5 Å². The highest BCUT2D eigenvalue weighted by Crippen LogP contribution is 2.48. The van der Waals surface area contributed by atoms with Gasteiger partial charge in [-0.15, -0.1) is 0 Å². The van der Waals surface area contributed by atoms with Crippen LogP contribution < -0.4 is 5.32 Å². The molecule has 128 valence electrons. The number of nitriles is 1. The summed E-state index contributed by atoms with van der Waals surface area (Å²) in [5.41, 5.74) is -0.680. The van der Waals surface area contributed by atoms with E-state index in [-0.39, 0.29) is 34.6 Å². The second-order valence-corrected chi connectivity index (χ2v) is 6.17. The Morgan fingerprint density at radius 1 is 1.35 bits per heavy atom. The summed E-state index contributed by atoms with van der Waals surface area (Å²) in [5, 5.41) is 20.6. The first-order chi connectivity index (χ1) is 12.6. The summed E-state index contributed by atoms with van der Waals surface area (Å²) in [6, 6.07) is 1.85.